The van der Waals surface area contributed by atoms with Crippen LogP contribution in [0.3, 0.4) is 0 Å². The number of fused-ring (bicyclic) bond motifs is 2. The molecule has 418 valence electrons. The van der Waals surface area contributed by atoms with Crippen molar-refractivity contribution in [1.29, 1.82) is 0 Å². The number of halogens is 4. The van der Waals surface area contributed by atoms with E-state index in [1.54, 1.807) is 43.7 Å². The van der Waals surface area contributed by atoms with Crippen LogP contribution in [-0.4, -0.2) is 122 Å². The number of carbonyl (C=O) groups is 8. The van der Waals surface area contributed by atoms with E-state index < -0.39 is 96.0 Å². The van der Waals surface area contributed by atoms with Crippen molar-refractivity contribution >= 4 is 64.5 Å². The fourth-order valence-corrected chi connectivity index (χ4v) is 10.5. The number of aryl methyl sites for hydroxylation is 2. The van der Waals surface area contributed by atoms with E-state index in [9.17, 15) is 61.0 Å². The average molecular weight is 1110 g/mol. The number of thiazole rings is 1. The topological polar surface area (TPSA) is 237 Å². The molecule has 0 bridgehead atoms. The van der Waals surface area contributed by atoms with Crippen molar-refractivity contribution in [3.05, 3.63) is 106 Å². The molecule has 3 heterocycles. The number of amides is 8. The number of β-amino-alcohol motifs (C(OH)–C–C–N with tert-alkyl or cyclic N) is 1. The van der Waals surface area contributed by atoms with Crippen LogP contribution in [0, 0.1) is 18.2 Å². The van der Waals surface area contributed by atoms with Crippen molar-refractivity contribution in [1.82, 2.24) is 35.6 Å². The van der Waals surface area contributed by atoms with Crippen LogP contribution in [0.1, 0.15) is 107 Å². The molecule has 1 spiro atoms. The van der Waals surface area contributed by atoms with Gasteiger partial charge in [0, 0.05) is 69.5 Å². The lowest BCUT2D eigenvalue weighted by Crippen LogP contribution is -2.57. The van der Waals surface area contributed by atoms with Gasteiger partial charge in [-0.2, -0.15) is 13.2 Å². The zero-order valence-electron chi connectivity index (χ0n) is 44.0. The molecule has 2 aliphatic heterocycles. The third kappa shape index (κ3) is 14.1. The molecule has 2 saturated heterocycles. The van der Waals surface area contributed by atoms with Crippen LogP contribution in [-0.2, 0) is 63.4 Å². The van der Waals surface area contributed by atoms with Gasteiger partial charge in [0.25, 0.3) is 5.91 Å². The Balaban J connectivity index is 0.810. The second-order valence-electron chi connectivity index (χ2n) is 21.0. The number of likely N-dealkylation sites (tertiary alicyclic amines) is 1. The van der Waals surface area contributed by atoms with E-state index >= 15 is 0 Å². The Hall–Kier alpha value is -7.27. The number of hydrogen-bond acceptors (Lipinski definition) is 12. The number of rotatable bonds is 21. The summed E-state index contributed by atoms with van der Waals surface area (Å²) in [5, 5.41) is 21.8. The van der Waals surface area contributed by atoms with Crippen LogP contribution in [0.2, 0.25) is 0 Å². The quantitative estimate of drug-likeness (QED) is 0.0443. The standard InChI is InChI=1S/C55H64F4N8O10S/c1-32-47(78-31-62-32)36-14-10-34(11-15-36)27-61-49(73)42-26-40(68)29-66(42)50(74)48(53(3,4)5)64-44(70)9-7-6-8-24-60-43(69)20-21-45(71)63-39-18-19-41-37(25-39)22-23-54(41)51(75)67(52(76)77-54)30-46(72)65(33(2)55(57,58)59)28-35-12-16-38(56)17-13-35/h10-19,25,31,33,40,42,48,68H,6-9,20-24,26-30H2,1-5H3,(H,60,69)(H,61,73)(H,63,71)(H,64,70)/t33-,40+,42-,48+,54+/m0/s1. The smallest absolute Gasteiger partial charge is 0.418 e. The molecule has 1 aromatic heterocycles. The van der Waals surface area contributed by atoms with E-state index in [1.807, 2.05) is 31.2 Å². The number of hydrogen-bond donors (Lipinski definition) is 5. The molecule has 2 fully saturated rings. The first-order valence-electron chi connectivity index (χ1n) is 25.7. The zero-order valence-corrected chi connectivity index (χ0v) is 44.8. The van der Waals surface area contributed by atoms with Crippen molar-refractivity contribution in [2.45, 2.75) is 142 Å². The first-order chi connectivity index (χ1) is 36.8. The van der Waals surface area contributed by atoms with Crippen LogP contribution < -0.4 is 21.3 Å². The SMILES string of the molecule is Cc1ncsc1-c1ccc(CNC(=O)[C@@H]2C[C@@H](O)CN2C(=O)[C@@H](NC(=O)CCCCCNC(=O)CCC(=O)Nc2ccc3c(c2)CC[C@@]32OC(=O)N(CC(=O)N(Cc3ccc(F)cc3)[C@@H](C)C(F)(F)F)C2=O)C(C)(C)C)cc1. The summed E-state index contributed by atoms with van der Waals surface area (Å²) < 4.78 is 60.6. The van der Waals surface area contributed by atoms with Gasteiger partial charge in [-0.25, -0.2) is 19.1 Å². The number of aromatic nitrogens is 1. The molecule has 3 aromatic carbocycles. The lowest BCUT2D eigenvalue weighted by atomic mass is 9.85. The number of imide groups is 1. The highest BCUT2D eigenvalue weighted by Gasteiger charge is 2.59. The monoisotopic (exact) mass is 1100 g/mol. The molecular formula is C55H64F4N8O10S. The number of aliphatic hydroxyl groups excluding tert-OH is 1. The molecule has 18 nitrogen and oxygen atoms in total. The second kappa shape index (κ2) is 24.6. The van der Waals surface area contributed by atoms with Gasteiger partial charge in [-0.05, 0) is 85.0 Å². The third-order valence-electron chi connectivity index (χ3n) is 14.2. The Morgan fingerprint density at radius 3 is 2.26 bits per heavy atom. The maximum absolute atomic E-state index is 14.0. The Morgan fingerprint density at radius 2 is 1.59 bits per heavy atom. The first kappa shape index (κ1) is 58.4. The molecule has 3 aliphatic rings. The molecule has 4 aromatic rings. The van der Waals surface area contributed by atoms with E-state index in [2.05, 4.69) is 26.3 Å². The lowest BCUT2D eigenvalue weighted by Gasteiger charge is -2.35. The average Bonchev–Trinajstić information content (AvgIpc) is 4.34. The maximum atomic E-state index is 14.0. The Bertz CT molecular complexity index is 2890. The zero-order chi connectivity index (χ0) is 56.7. The number of carbonyl (C=O) groups excluding carboxylic acids is 8. The summed E-state index contributed by atoms with van der Waals surface area (Å²) in [7, 11) is 0. The van der Waals surface area contributed by atoms with E-state index in [0.29, 0.717) is 40.3 Å². The Labute approximate surface area is 452 Å². The lowest BCUT2D eigenvalue weighted by molar-refractivity contribution is -0.187. The molecular weight excluding hydrogens is 1040 g/mol. The van der Waals surface area contributed by atoms with E-state index in [1.165, 1.54) is 29.2 Å². The molecule has 8 amide bonds. The predicted molar refractivity (Wildman–Crippen MR) is 278 cm³/mol. The number of nitrogens with zero attached hydrogens (tertiary/aromatic N) is 4. The van der Waals surface area contributed by atoms with E-state index in [4.69, 9.17) is 4.74 Å². The predicted octanol–water partition coefficient (Wildman–Crippen LogP) is 6.56. The summed E-state index contributed by atoms with van der Waals surface area (Å²) in [6, 6.07) is 12.6. The first-order valence-corrected chi connectivity index (χ1v) is 26.6. The van der Waals surface area contributed by atoms with Crippen molar-refractivity contribution in [3.63, 3.8) is 0 Å². The summed E-state index contributed by atoms with van der Waals surface area (Å²) in [6.45, 7) is 6.96. The maximum Gasteiger partial charge on any atom is 0.418 e. The molecule has 7 rings (SSSR count). The van der Waals surface area contributed by atoms with Crippen LogP contribution in [0.25, 0.3) is 10.4 Å². The minimum Gasteiger partial charge on any atom is -0.427 e. The molecule has 23 heteroatoms. The molecule has 1 aliphatic carbocycles. The highest BCUT2D eigenvalue weighted by Crippen LogP contribution is 2.46. The summed E-state index contributed by atoms with van der Waals surface area (Å²) in [4.78, 5) is 114. The van der Waals surface area contributed by atoms with Gasteiger partial charge >= 0.3 is 12.3 Å². The largest absolute Gasteiger partial charge is 0.427 e. The number of anilines is 1. The Kier molecular flexibility index (Phi) is 18.4. The summed E-state index contributed by atoms with van der Waals surface area (Å²) >= 11 is 1.55. The number of aliphatic hydroxyl groups is 1. The van der Waals surface area contributed by atoms with Gasteiger partial charge in [-0.3, -0.25) is 33.6 Å². The normalized spacial score (nSPS) is 18.8. The molecule has 78 heavy (non-hydrogen) atoms. The highest BCUT2D eigenvalue weighted by atomic mass is 32.1. The fraction of sp³-hybridized carbons (Fsp3) is 0.473. The van der Waals surface area contributed by atoms with Gasteiger partial charge in [0.15, 0.2) is 0 Å². The van der Waals surface area contributed by atoms with Gasteiger partial charge in [-0.1, -0.05) is 69.7 Å². The van der Waals surface area contributed by atoms with E-state index in [0.717, 1.165) is 40.8 Å². The molecule has 5 N–H and O–H groups in total. The second-order valence-corrected chi connectivity index (χ2v) is 21.8. The molecule has 5 atom stereocenters. The van der Waals surface area contributed by atoms with Crippen LogP contribution in [0.5, 0.6) is 0 Å². The third-order valence-corrected chi connectivity index (χ3v) is 15.1. The van der Waals surface area contributed by atoms with Crippen LogP contribution >= 0.6 is 11.3 Å². The highest BCUT2D eigenvalue weighted by molar-refractivity contribution is 7.13. The number of unbranched alkanes of at least 4 members (excludes halogenated alkanes) is 2. The Morgan fingerprint density at radius 1 is 0.897 bits per heavy atom. The van der Waals surface area contributed by atoms with Gasteiger partial charge in [0.05, 0.1) is 22.2 Å². The van der Waals surface area contributed by atoms with Crippen molar-refractivity contribution in [2.24, 2.45) is 5.41 Å². The van der Waals surface area contributed by atoms with Crippen molar-refractivity contribution in [3.8, 4) is 10.4 Å². The van der Waals surface area contributed by atoms with Gasteiger partial charge in [-0.15, -0.1) is 11.3 Å². The van der Waals surface area contributed by atoms with Gasteiger partial charge < -0.3 is 40.9 Å². The minimum atomic E-state index is -4.86. The van der Waals surface area contributed by atoms with Gasteiger partial charge in [0.2, 0.25) is 41.0 Å². The van der Waals surface area contributed by atoms with Crippen molar-refractivity contribution < 1.29 is 65.8 Å². The summed E-state index contributed by atoms with van der Waals surface area (Å²) in [6.07, 6.45) is -5.40. The summed E-state index contributed by atoms with van der Waals surface area (Å²) in [5.41, 5.74) is 3.38. The number of nitrogens with one attached hydrogen (secondary N) is 4. The van der Waals surface area contributed by atoms with Crippen LogP contribution in [0.15, 0.2) is 72.2 Å². The van der Waals surface area contributed by atoms with Crippen LogP contribution in [0.4, 0.5) is 28.0 Å². The molecule has 0 unspecified atom stereocenters. The fourth-order valence-electron chi connectivity index (χ4n) is 9.73. The molecule has 0 saturated carbocycles. The summed E-state index contributed by atoms with van der Waals surface area (Å²) in [5.74, 6) is -4.84. The number of alkyl halides is 3. The van der Waals surface area contributed by atoms with Crippen molar-refractivity contribution in [2.75, 3.05) is 25.0 Å². The van der Waals surface area contributed by atoms with Gasteiger partial charge in [0.1, 0.15) is 30.5 Å². The van der Waals surface area contributed by atoms with E-state index in [-0.39, 0.29) is 81.1 Å². The number of ether oxygens (including phenoxy) is 1. The molecule has 0 radical (unpaired) electrons. The number of benzene rings is 3. The minimum absolute atomic E-state index is 0.0268.